The largest absolute Gasteiger partial charge is 0.338 e. The second-order valence-corrected chi connectivity index (χ2v) is 3.43. The van der Waals surface area contributed by atoms with Gasteiger partial charge < -0.3 is 10.3 Å². The summed E-state index contributed by atoms with van der Waals surface area (Å²) < 4.78 is 4.91. The van der Waals surface area contributed by atoms with Gasteiger partial charge in [0.25, 0.3) is 0 Å². The van der Waals surface area contributed by atoms with Gasteiger partial charge in [-0.25, -0.2) is 0 Å². The van der Waals surface area contributed by atoms with Gasteiger partial charge in [0.05, 0.1) is 6.54 Å². The first kappa shape index (κ1) is 8.40. The molecule has 0 amide bonds. The Kier molecular flexibility index (Phi) is 2.12. The van der Waals surface area contributed by atoms with Gasteiger partial charge in [0.1, 0.15) is 0 Å². The van der Waals surface area contributed by atoms with E-state index in [9.17, 15) is 0 Å². The Morgan fingerprint density at radius 2 is 2.38 bits per heavy atom. The average molecular weight is 195 g/mol. The zero-order valence-corrected chi connectivity index (χ0v) is 7.97. The number of nitrogens with zero attached hydrogens (tertiary/aromatic N) is 2. The highest BCUT2D eigenvalue weighted by Gasteiger charge is 2.09. The van der Waals surface area contributed by atoms with Gasteiger partial charge in [0.15, 0.2) is 0 Å². The van der Waals surface area contributed by atoms with E-state index in [1.807, 2.05) is 17.7 Å². The molecule has 68 valence electrons. The highest BCUT2D eigenvalue weighted by atomic mass is 32.1. The van der Waals surface area contributed by atoms with Crippen molar-refractivity contribution in [2.75, 3.05) is 0 Å². The molecule has 0 aliphatic rings. The smallest absolute Gasteiger partial charge is 0.240 e. The van der Waals surface area contributed by atoms with Gasteiger partial charge in [0.2, 0.25) is 11.7 Å². The van der Waals surface area contributed by atoms with Crippen LogP contribution in [0, 0.1) is 6.92 Å². The van der Waals surface area contributed by atoms with Gasteiger partial charge in [-0.05, 0) is 17.9 Å². The molecule has 0 spiro atoms. The molecule has 0 aromatic carbocycles. The standard InChI is InChI=1S/C8H9N3OS/c1-5-3-13-4-6(5)8-10-7(2-9)12-11-8/h3-4H,2,9H2,1H3. The quantitative estimate of drug-likeness (QED) is 0.789. The zero-order valence-electron chi connectivity index (χ0n) is 7.15. The molecule has 2 aromatic heterocycles. The minimum Gasteiger partial charge on any atom is -0.338 e. The summed E-state index contributed by atoms with van der Waals surface area (Å²) in [6.45, 7) is 2.31. The van der Waals surface area contributed by atoms with Crippen molar-refractivity contribution in [2.45, 2.75) is 13.5 Å². The van der Waals surface area contributed by atoms with Gasteiger partial charge in [-0.2, -0.15) is 16.3 Å². The first-order valence-corrected chi connectivity index (χ1v) is 4.81. The molecule has 5 heteroatoms. The third-order valence-electron chi connectivity index (χ3n) is 1.74. The van der Waals surface area contributed by atoms with E-state index in [0.717, 1.165) is 11.1 Å². The summed E-state index contributed by atoms with van der Waals surface area (Å²) in [4.78, 5) is 4.14. The fraction of sp³-hybridized carbons (Fsp3) is 0.250. The normalized spacial score (nSPS) is 10.6. The molecule has 0 bridgehead atoms. The summed E-state index contributed by atoms with van der Waals surface area (Å²) >= 11 is 1.62. The van der Waals surface area contributed by atoms with E-state index in [1.165, 1.54) is 0 Å². The maximum atomic E-state index is 5.36. The van der Waals surface area contributed by atoms with E-state index in [-0.39, 0.29) is 6.54 Å². The average Bonchev–Trinajstić information content (AvgIpc) is 2.71. The van der Waals surface area contributed by atoms with Crippen LogP contribution in [0.4, 0.5) is 0 Å². The predicted octanol–water partition coefficient (Wildman–Crippen LogP) is 1.57. The van der Waals surface area contributed by atoms with E-state index >= 15 is 0 Å². The summed E-state index contributed by atoms with van der Waals surface area (Å²) in [5, 5.41) is 7.88. The minimum atomic E-state index is 0.288. The van der Waals surface area contributed by atoms with Crippen LogP contribution in [0.15, 0.2) is 15.3 Å². The molecular formula is C8H9N3OS. The molecule has 0 aliphatic carbocycles. The molecule has 0 saturated carbocycles. The number of aromatic nitrogens is 2. The van der Waals surface area contributed by atoms with Crippen LogP contribution in [0.5, 0.6) is 0 Å². The van der Waals surface area contributed by atoms with E-state index < -0.39 is 0 Å². The predicted molar refractivity (Wildman–Crippen MR) is 50.2 cm³/mol. The molecule has 2 heterocycles. The number of aryl methyl sites for hydroxylation is 1. The Morgan fingerprint density at radius 3 is 2.92 bits per heavy atom. The summed E-state index contributed by atoms with van der Waals surface area (Å²) in [5.74, 6) is 1.10. The van der Waals surface area contributed by atoms with Crippen molar-refractivity contribution >= 4 is 11.3 Å². The van der Waals surface area contributed by atoms with E-state index in [1.54, 1.807) is 11.3 Å². The molecule has 13 heavy (non-hydrogen) atoms. The lowest BCUT2D eigenvalue weighted by Gasteiger charge is -1.88. The Morgan fingerprint density at radius 1 is 1.54 bits per heavy atom. The summed E-state index contributed by atoms with van der Waals surface area (Å²) in [5.41, 5.74) is 7.54. The Labute approximate surface area is 79.4 Å². The van der Waals surface area contributed by atoms with Crippen LogP contribution >= 0.6 is 11.3 Å². The van der Waals surface area contributed by atoms with Crippen molar-refractivity contribution in [1.82, 2.24) is 10.1 Å². The number of hydrogen-bond donors (Lipinski definition) is 1. The van der Waals surface area contributed by atoms with Gasteiger partial charge in [-0.15, -0.1) is 0 Å². The molecule has 0 radical (unpaired) electrons. The molecule has 2 rings (SSSR count). The van der Waals surface area contributed by atoms with Gasteiger partial charge in [0, 0.05) is 10.9 Å². The van der Waals surface area contributed by atoms with Crippen molar-refractivity contribution in [3.05, 3.63) is 22.2 Å². The van der Waals surface area contributed by atoms with Crippen LogP contribution in [-0.4, -0.2) is 10.1 Å². The monoisotopic (exact) mass is 195 g/mol. The first-order chi connectivity index (χ1) is 6.31. The Balaban J connectivity index is 2.41. The lowest BCUT2D eigenvalue weighted by Crippen LogP contribution is -1.95. The van der Waals surface area contributed by atoms with Crippen molar-refractivity contribution in [1.29, 1.82) is 0 Å². The molecule has 0 fully saturated rings. The topological polar surface area (TPSA) is 64.9 Å². The van der Waals surface area contributed by atoms with Crippen molar-refractivity contribution in [3.63, 3.8) is 0 Å². The summed E-state index contributed by atoms with van der Waals surface area (Å²) in [7, 11) is 0. The molecule has 2 N–H and O–H groups in total. The van der Waals surface area contributed by atoms with Gasteiger partial charge in [-0.3, -0.25) is 0 Å². The van der Waals surface area contributed by atoms with E-state index in [4.69, 9.17) is 10.3 Å². The molecule has 0 aliphatic heterocycles. The number of nitrogens with two attached hydrogens (primary N) is 1. The van der Waals surface area contributed by atoms with Crippen LogP contribution in [-0.2, 0) is 6.54 Å². The number of thiophene rings is 1. The highest BCUT2D eigenvalue weighted by Crippen LogP contribution is 2.23. The van der Waals surface area contributed by atoms with Crippen molar-refractivity contribution in [3.8, 4) is 11.4 Å². The fourth-order valence-corrected chi connectivity index (χ4v) is 1.86. The summed E-state index contributed by atoms with van der Waals surface area (Å²) in [6.07, 6.45) is 0. The van der Waals surface area contributed by atoms with E-state index in [0.29, 0.717) is 11.7 Å². The number of rotatable bonds is 2. The maximum absolute atomic E-state index is 5.36. The zero-order chi connectivity index (χ0) is 9.26. The molecular weight excluding hydrogens is 186 g/mol. The van der Waals surface area contributed by atoms with Crippen LogP contribution < -0.4 is 5.73 Å². The van der Waals surface area contributed by atoms with E-state index in [2.05, 4.69) is 10.1 Å². The third-order valence-corrected chi connectivity index (χ3v) is 2.60. The Hall–Kier alpha value is -1.20. The lowest BCUT2D eigenvalue weighted by atomic mass is 10.2. The second kappa shape index (κ2) is 3.27. The SMILES string of the molecule is Cc1cscc1-c1noc(CN)n1. The van der Waals surface area contributed by atoms with Crippen LogP contribution in [0.1, 0.15) is 11.5 Å². The van der Waals surface area contributed by atoms with Crippen LogP contribution in [0.2, 0.25) is 0 Å². The molecule has 4 nitrogen and oxygen atoms in total. The first-order valence-electron chi connectivity index (χ1n) is 3.87. The molecule has 0 saturated heterocycles. The Bertz CT molecular complexity index is 407. The molecule has 0 atom stereocenters. The van der Waals surface area contributed by atoms with Crippen LogP contribution in [0.25, 0.3) is 11.4 Å². The van der Waals surface area contributed by atoms with Crippen molar-refractivity contribution < 1.29 is 4.52 Å². The van der Waals surface area contributed by atoms with Crippen molar-refractivity contribution in [2.24, 2.45) is 5.73 Å². The minimum absolute atomic E-state index is 0.288. The third kappa shape index (κ3) is 1.48. The van der Waals surface area contributed by atoms with Gasteiger partial charge >= 0.3 is 0 Å². The molecule has 2 aromatic rings. The fourth-order valence-electron chi connectivity index (χ4n) is 1.04. The molecule has 0 unspecified atom stereocenters. The second-order valence-electron chi connectivity index (χ2n) is 2.68. The maximum Gasteiger partial charge on any atom is 0.240 e. The lowest BCUT2D eigenvalue weighted by molar-refractivity contribution is 0.380. The van der Waals surface area contributed by atoms with Gasteiger partial charge in [-0.1, -0.05) is 5.16 Å². The van der Waals surface area contributed by atoms with Crippen LogP contribution in [0.3, 0.4) is 0 Å². The summed E-state index contributed by atoms with van der Waals surface area (Å²) in [6, 6.07) is 0. The highest BCUT2D eigenvalue weighted by molar-refractivity contribution is 7.08. The number of hydrogen-bond acceptors (Lipinski definition) is 5.